The van der Waals surface area contributed by atoms with Crippen LogP contribution in [0, 0.1) is 0 Å². The highest BCUT2D eigenvalue weighted by atomic mass is 16.2. The number of nitrogens with two attached hydrogens (primary N) is 1. The lowest BCUT2D eigenvalue weighted by Gasteiger charge is -2.16. The summed E-state index contributed by atoms with van der Waals surface area (Å²) in [6, 6.07) is 3.48. The molecule has 0 saturated heterocycles. The maximum absolute atomic E-state index is 11.9. The van der Waals surface area contributed by atoms with Crippen LogP contribution in [0.4, 0.5) is 5.69 Å². The van der Waals surface area contributed by atoms with E-state index in [-0.39, 0.29) is 29.7 Å². The minimum absolute atomic E-state index is 0.0420. The van der Waals surface area contributed by atoms with Gasteiger partial charge in [-0.25, -0.2) is 0 Å². The highest BCUT2D eigenvalue weighted by Gasteiger charge is 2.15. The van der Waals surface area contributed by atoms with Crippen molar-refractivity contribution in [1.29, 1.82) is 0 Å². The Bertz CT molecular complexity index is 488. The molecule has 0 radical (unpaired) electrons. The summed E-state index contributed by atoms with van der Waals surface area (Å²) >= 11 is 0. The van der Waals surface area contributed by atoms with Gasteiger partial charge in [0.15, 0.2) is 0 Å². The van der Waals surface area contributed by atoms with E-state index in [1.807, 2.05) is 0 Å². The molecule has 19 heavy (non-hydrogen) atoms. The molecule has 1 aromatic rings. The summed E-state index contributed by atoms with van der Waals surface area (Å²) in [7, 11) is 0. The van der Waals surface area contributed by atoms with E-state index in [1.54, 1.807) is 18.3 Å². The Morgan fingerprint density at radius 1 is 1.32 bits per heavy atom. The molecule has 5 nitrogen and oxygen atoms in total. The highest BCUT2D eigenvalue weighted by molar-refractivity contribution is 5.76. The molecule has 1 saturated carbocycles. The zero-order valence-electron chi connectivity index (χ0n) is 11.1. The van der Waals surface area contributed by atoms with E-state index < -0.39 is 0 Å². The van der Waals surface area contributed by atoms with Crippen LogP contribution in [0.2, 0.25) is 0 Å². The Labute approximate surface area is 112 Å². The van der Waals surface area contributed by atoms with E-state index in [0.717, 1.165) is 12.8 Å². The number of rotatable bonds is 3. The second kappa shape index (κ2) is 6.41. The first kappa shape index (κ1) is 13.6. The summed E-state index contributed by atoms with van der Waals surface area (Å²) in [4.78, 5) is 23.7. The maximum Gasteiger partial charge on any atom is 0.274 e. The molecule has 2 rings (SSSR count). The third-order valence-corrected chi connectivity index (χ3v) is 3.58. The van der Waals surface area contributed by atoms with Crippen LogP contribution in [0.15, 0.2) is 23.1 Å². The van der Waals surface area contributed by atoms with E-state index in [2.05, 4.69) is 5.32 Å². The van der Waals surface area contributed by atoms with Crippen LogP contribution in [0.25, 0.3) is 0 Å². The van der Waals surface area contributed by atoms with E-state index >= 15 is 0 Å². The number of carbonyl (C=O) groups is 1. The van der Waals surface area contributed by atoms with E-state index in [1.165, 1.54) is 30.3 Å². The van der Waals surface area contributed by atoms with Crippen LogP contribution in [-0.4, -0.2) is 16.5 Å². The first-order valence-corrected chi connectivity index (χ1v) is 6.91. The van der Waals surface area contributed by atoms with E-state index in [0.29, 0.717) is 0 Å². The third-order valence-electron chi connectivity index (χ3n) is 3.58. The predicted molar refractivity (Wildman–Crippen MR) is 74.7 cm³/mol. The van der Waals surface area contributed by atoms with Gasteiger partial charge in [0, 0.05) is 12.2 Å². The van der Waals surface area contributed by atoms with E-state index in [9.17, 15) is 9.59 Å². The van der Waals surface area contributed by atoms with Crippen molar-refractivity contribution in [2.24, 2.45) is 0 Å². The quantitative estimate of drug-likeness (QED) is 0.806. The number of hydrogen-bond acceptors (Lipinski definition) is 3. The summed E-state index contributed by atoms with van der Waals surface area (Å²) in [5, 5.41) is 3.01. The molecular formula is C14H21N3O2. The van der Waals surface area contributed by atoms with Gasteiger partial charge < -0.3 is 15.6 Å². The van der Waals surface area contributed by atoms with E-state index in [4.69, 9.17) is 5.73 Å². The predicted octanol–water partition coefficient (Wildman–Crippen LogP) is 1.27. The summed E-state index contributed by atoms with van der Waals surface area (Å²) < 4.78 is 1.35. The number of carbonyl (C=O) groups excluding carboxylic acids is 1. The van der Waals surface area contributed by atoms with Crippen LogP contribution in [0.3, 0.4) is 0 Å². The molecule has 1 aromatic heterocycles. The average molecular weight is 263 g/mol. The van der Waals surface area contributed by atoms with Crippen molar-refractivity contribution >= 4 is 11.6 Å². The molecule has 104 valence electrons. The number of nitrogen functional groups attached to an aromatic ring is 1. The first-order valence-electron chi connectivity index (χ1n) is 6.91. The van der Waals surface area contributed by atoms with Crippen LogP contribution in [0.1, 0.15) is 38.5 Å². The van der Waals surface area contributed by atoms with Gasteiger partial charge in [-0.15, -0.1) is 0 Å². The number of pyridine rings is 1. The lowest BCUT2D eigenvalue weighted by atomic mass is 10.1. The smallest absolute Gasteiger partial charge is 0.274 e. The molecule has 0 aliphatic heterocycles. The fourth-order valence-corrected chi connectivity index (χ4v) is 2.53. The molecule has 3 N–H and O–H groups in total. The molecule has 0 aromatic carbocycles. The molecule has 1 aliphatic rings. The Hall–Kier alpha value is -1.78. The Morgan fingerprint density at radius 3 is 2.68 bits per heavy atom. The second-order valence-corrected chi connectivity index (χ2v) is 5.15. The molecule has 1 heterocycles. The topological polar surface area (TPSA) is 77.1 Å². The van der Waals surface area contributed by atoms with Gasteiger partial charge in [-0.05, 0) is 25.0 Å². The molecule has 0 spiro atoms. The summed E-state index contributed by atoms with van der Waals surface area (Å²) in [5.74, 6) is -0.111. The molecule has 0 atom stereocenters. The lowest BCUT2D eigenvalue weighted by Crippen LogP contribution is -2.38. The fourth-order valence-electron chi connectivity index (χ4n) is 2.53. The van der Waals surface area contributed by atoms with Gasteiger partial charge in [-0.3, -0.25) is 9.59 Å². The largest absolute Gasteiger partial charge is 0.394 e. The van der Waals surface area contributed by atoms with Crippen LogP contribution in [-0.2, 0) is 11.3 Å². The number of hydrogen-bond donors (Lipinski definition) is 2. The van der Waals surface area contributed by atoms with Crippen LogP contribution >= 0.6 is 0 Å². The zero-order chi connectivity index (χ0) is 13.7. The van der Waals surface area contributed by atoms with Gasteiger partial charge in [-0.1, -0.05) is 25.7 Å². The minimum atomic E-state index is -0.307. The Kier molecular flexibility index (Phi) is 4.60. The molecule has 1 aliphatic carbocycles. The Balaban J connectivity index is 1.93. The lowest BCUT2D eigenvalue weighted by molar-refractivity contribution is -0.122. The first-order chi connectivity index (χ1) is 9.16. The van der Waals surface area contributed by atoms with Crippen molar-refractivity contribution in [3.05, 3.63) is 28.7 Å². The van der Waals surface area contributed by atoms with Gasteiger partial charge in [0.1, 0.15) is 6.54 Å². The van der Waals surface area contributed by atoms with Gasteiger partial charge in [0.2, 0.25) is 5.91 Å². The van der Waals surface area contributed by atoms with Gasteiger partial charge in [-0.2, -0.15) is 0 Å². The summed E-state index contributed by atoms with van der Waals surface area (Å²) in [5.41, 5.74) is 5.40. The van der Waals surface area contributed by atoms with Crippen molar-refractivity contribution in [3.63, 3.8) is 0 Å². The highest BCUT2D eigenvalue weighted by Crippen LogP contribution is 2.17. The third kappa shape index (κ3) is 3.84. The van der Waals surface area contributed by atoms with Crippen LogP contribution < -0.4 is 16.6 Å². The maximum atomic E-state index is 11.9. The fraction of sp³-hybridized carbons (Fsp3) is 0.571. The SMILES string of the molecule is Nc1cccn(CC(=O)NC2CCCCCC2)c1=O. The van der Waals surface area contributed by atoms with Crippen molar-refractivity contribution in [2.75, 3.05) is 5.73 Å². The molecule has 1 amide bonds. The molecule has 5 heteroatoms. The number of nitrogens with one attached hydrogen (secondary N) is 1. The number of nitrogens with zero attached hydrogens (tertiary/aromatic N) is 1. The average Bonchev–Trinajstić information content (AvgIpc) is 2.63. The number of anilines is 1. The van der Waals surface area contributed by atoms with Gasteiger partial charge in [0.05, 0.1) is 5.69 Å². The monoisotopic (exact) mass is 263 g/mol. The Morgan fingerprint density at radius 2 is 2.00 bits per heavy atom. The normalized spacial score (nSPS) is 16.8. The zero-order valence-corrected chi connectivity index (χ0v) is 11.1. The van der Waals surface area contributed by atoms with Crippen molar-refractivity contribution in [1.82, 2.24) is 9.88 Å². The van der Waals surface area contributed by atoms with Gasteiger partial charge in [0.25, 0.3) is 5.56 Å². The molecule has 0 unspecified atom stereocenters. The standard InChI is InChI=1S/C14H21N3O2/c15-12-8-5-9-17(14(12)19)10-13(18)16-11-6-3-1-2-4-7-11/h5,8-9,11H,1-4,6-7,10,15H2,(H,16,18). The second-order valence-electron chi connectivity index (χ2n) is 5.15. The van der Waals surface area contributed by atoms with Crippen molar-refractivity contribution in [3.8, 4) is 0 Å². The number of amides is 1. The molecule has 0 bridgehead atoms. The van der Waals surface area contributed by atoms with Crippen molar-refractivity contribution in [2.45, 2.75) is 51.1 Å². The summed E-state index contributed by atoms with van der Waals surface area (Å²) in [6.45, 7) is 0.0420. The molecular weight excluding hydrogens is 242 g/mol. The summed E-state index contributed by atoms with van der Waals surface area (Å²) in [6.07, 6.45) is 8.51. The van der Waals surface area contributed by atoms with Crippen LogP contribution in [0.5, 0.6) is 0 Å². The molecule has 1 fully saturated rings. The van der Waals surface area contributed by atoms with Gasteiger partial charge >= 0.3 is 0 Å². The number of aromatic nitrogens is 1. The minimum Gasteiger partial charge on any atom is -0.394 e. The van der Waals surface area contributed by atoms with Crippen molar-refractivity contribution < 1.29 is 4.79 Å².